The van der Waals surface area contributed by atoms with Gasteiger partial charge >= 0.3 is 0 Å². The first-order valence-electron chi connectivity index (χ1n) is 10.2. The van der Waals surface area contributed by atoms with E-state index in [9.17, 15) is 13.2 Å². The van der Waals surface area contributed by atoms with E-state index in [0.29, 0.717) is 37.0 Å². The summed E-state index contributed by atoms with van der Waals surface area (Å²) < 4.78 is 31.3. The molecule has 1 aliphatic heterocycles. The van der Waals surface area contributed by atoms with Crippen molar-refractivity contribution in [3.05, 3.63) is 47.0 Å². The number of ether oxygens (including phenoxy) is 1. The van der Waals surface area contributed by atoms with Gasteiger partial charge in [-0.1, -0.05) is 22.9 Å². The number of carbonyl (C=O) groups excluding carboxylic acids is 1. The number of rotatable bonds is 6. The summed E-state index contributed by atoms with van der Waals surface area (Å²) in [5.41, 5.74) is 1.89. The number of methoxy groups -OCH3 is 1. The van der Waals surface area contributed by atoms with Crippen molar-refractivity contribution in [3.8, 4) is 5.75 Å². The molecule has 0 aliphatic carbocycles. The standard InChI is InChI=1S/C22H24ClN3O4S2/c1-15-18(23)7-8-19-21(15)24-22(31-19)26-12-10-25(11-13-26)20(27)9-14-32(28,29)17-5-3-16(30-2)4-6-17/h3-8H,9-14H2,1-2H3. The molecule has 10 heteroatoms. The lowest BCUT2D eigenvalue weighted by molar-refractivity contribution is -0.131. The highest BCUT2D eigenvalue weighted by atomic mass is 35.5. The highest BCUT2D eigenvalue weighted by Gasteiger charge is 2.25. The quantitative estimate of drug-likeness (QED) is 0.520. The summed E-state index contributed by atoms with van der Waals surface area (Å²) in [5.74, 6) is 0.231. The van der Waals surface area contributed by atoms with Crippen LogP contribution in [0.15, 0.2) is 41.3 Å². The average molecular weight is 494 g/mol. The van der Waals surface area contributed by atoms with Crippen LogP contribution in [0.4, 0.5) is 5.13 Å². The van der Waals surface area contributed by atoms with Crippen LogP contribution in [0.5, 0.6) is 5.75 Å². The first-order valence-corrected chi connectivity index (χ1v) is 13.1. The Labute approximate surface area is 196 Å². The van der Waals surface area contributed by atoms with Gasteiger partial charge in [-0.15, -0.1) is 0 Å². The molecular weight excluding hydrogens is 470 g/mol. The molecule has 0 bridgehead atoms. The van der Waals surface area contributed by atoms with Crippen molar-refractivity contribution < 1.29 is 17.9 Å². The van der Waals surface area contributed by atoms with Crippen molar-refractivity contribution >= 4 is 54.0 Å². The van der Waals surface area contributed by atoms with E-state index in [-0.39, 0.29) is 23.0 Å². The number of hydrogen-bond acceptors (Lipinski definition) is 7. The van der Waals surface area contributed by atoms with Crippen LogP contribution in [-0.4, -0.2) is 63.3 Å². The smallest absolute Gasteiger partial charge is 0.223 e. The van der Waals surface area contributed by atoms with E-state index in [1.807, 2.05) is 19.1 Å². The Bertz CT molecular complexity index is 1230. The zero-order chi connectivity index (χ0) is 22.9. The first kappa shape index (κ1) is 22.8. The van der Waals surface area contributed by atoms with Gasteiger partial charge in [0.05, 0.1) is 28.0 Å². The number of hydrogen-bond donors (Lipinski definition) is 0. The zero-order valence-electron chi connectivity index (χ0n) is 17.9. The van der Waals surface area contributed by atoms with Crippen LogP contribution in [0.25, 0.3) is 10.2 Å². The van der Waals surface area contributed by atoms with E-state index in [1.54, 1.807) is 28.4 Å². The van der Waals surface area contributed by atoms with Crippen LogP contribution in [0, 0.1) is 6.92 Å². The predicted molar refractivity (Wildman–Crippen MR) is 128 cm³/mol. The summed E-state index contributed by atoms with van der Waals surface area (Å²) in [6.45, 7) is 4.35. The molecule has 0 saturated carbocycles. The van der Waals surface area contributed by atoms with Gasteiger partial charge in [-0.25, -0.2) is 13.4 Å². The van der Waals surface area contributed by atoms with Crippen molar-refractivity contribution in [2.24, 2.45) is 0 Å². The second-order valence-corrected chi connectivity index (χ2v) is 11.2. The average Bonchev–Trinajstić information content (AvgIpc) is 3.25. The normalized spacial score (nSPS) is 14.7. The fourth-order valence-corrected chi connectivity index (χ4v) is 6.11. The maximum Gasteiger partial charge on any atom is 0.223 e. The van der Waals surface area contributed by atoms with Crippen molar-refractivity contribution in [3.63, 3.8) is 0 Å². The Morgan fingerprint density at radius 2 is 1.81 bits per heavy atom. The molecule has 1 aromatic heterocycles. The number of carbonyl (C=O) groups is 1. The van der Waals surface area contributed by atoms with Crippen LogP contribution in [0.1, 0.15) is 12.0 Å². The van der Waals surface area contributed by atoms with Gasteiger partial charge in [0.2, 0.25) is 5.91 Å². The molecule has 2 aromatic carbocycles. The number of aryl methyl sites for hydroxylation is 1. The fourth-order valence-electron chi connectivity index (χ4n) is 3.65. The Kier molecular flexibility index (Phi) is 6.60. The Morgan fingerprint density at radius 3 is 2.47 bits per heavy atom. The van der Waals surface area contributed by atoms with E-state index in [2.05, 4.69) is 4.90 Å². The lowest BCUT2D eigenvalue weighted by Gasteiger charge is -2.34. The Balaban J connectivity index is 1.34. The molecule has 0 radical (unpaired) electrons. The summed E-state index contributed by atoms with van der Waals surface area (Å²) >= 11 is 7.82. The lowest BCUT2D eigenvalue weighted by Crippen LogP contribution is -2.49. The third kappa shape index (κ3) is 4.69. The van der Waals surface area contributed by atoms with Gasteiger partial charge in [0.25, 0.3) is 0 Å². The number of halogens is 1. The maximum atomic E-state index is 12.6. The molecule has 0 atom stereocenters. The minimum atomic E-state index is -3.53. The summed E-state index contributed by atoms with van der Waals surface area (Å²) in [4.78, 5) is 21.5. The molecule has 0 unspecified atom stereocenters. The number of piperazine rings is 1. The van der Waals surface area contributed by atoms with E-state index in [1.165, 1.54) is 19.2 Å². The SMILES string of the molecule is COc1ccc(S(=O)(=O)CCC(=O)N2CCN(c3nc4c(C)c(Cl)ccc4s3)CC2)cc1. The zero-order valence-corrected chi connectivity index (χ0v) is 20.3. The minimum absolute atomic E-state index is 0.0345. The van der Waals surface area contributed by atoms with Gasteiger partial charge in [0, 0.05) is 37.6 Å². The third-order valence-electron chi connectivity index (χ3n) is 5.64. The number of aromatic nitrogens is 1. The van der Waals surface area contributed by atoms with Crippen LogP contribution in [0.3, 0.4) is 0 Å². The number of thiazole rings is 1. The monoisotopic (exact) mass is 493 g/mol. The van der Waals surface area contributed by atoms with Crippen molar-refractivity contribution in [1.29, 1.82) is 0 Å². The van der Waals surface area contributed by atoms with Crippen LogP contribution in [-0.2, 0) is 14.6 Å². The largest absolute Gasteiger partial charge is 0.497 e. The van der Waals surface area contributed by atoms with E-state index in [4.69, 9.17) is 21.3 Å². The van der Waals surface area contributed by atoms with E-state index in [0.717, 1.165) is 20.9 Å². The number of benzene rings is 2. The molecule has 2 heterocycles. The highest BCUT2D eigenvalue weighted by Crippen LogP contribution is 2.33. The molecule has 170 valence electrons. The fraction of sp³-hybridized carbons (Fsp3) is 0.364. The van der Waals surface area contributed by atoms with Gasteiger partial charge in [0.1, 0.15) is 5.75 Å². The van der Waals surface area contributed by atoms with Gasteiger partial charge in [0.15, 0.2) is 15.0 Å². The van der Waals surface area contributed by atoms with Crippen LogP contribution < -0.4 is 9.64 Å². The molecule has 1 saturated heterocycles. The Hall–Kier alpha value is -2.36. The molecule has 1 fully saturated rings. The van der Waals surface area contributed by atoms with Crippen LogP contribution >= 0.6 is 22.9 Å². The number of sulfone groups is 1. The third-order valence-corrected chi connectivity index (χ3v) is 8.87. The molecule has 0 spiro atoms. The number of amides is 1. The summed E-state index contributed by atoms with van der Waals surface area (Å²) in [5, 5.41) is 1.62. The molecule has 1 amide bonds. The van der Waals surface area contributed by atoms with Gasteiger partial charge < -0.3 is 14.5 Å². The first-order chi connectivity index (χ1) is 15.3. The van der Waals surface area contributed by atoms with Gasteiger partial charge in [-0.3, -0.25) is 4.79 Å². The molecular formula is C22H24ClN3O4S2. The lowest BCUT2D eigenvalue weighted by atomic mass is 10.2. The van der Waals surface area contributed by atoms with Gasteiger partial charge in [-0.05, 0) is 48.9 Å². The van der Waals surface area contributed by atoms with Crippen molar-refractivity contribution in [2.45, 2.75) is 18.2 Å². The molecule has 0 N–H and O–H groups in total. The summed E-state index contributed by atoms with van der Waals surface area (Å²) in [7, 11) is -2.00. The molecule has 7 nitrogen and oxygen atoms in total. The van der Waals surface area contributed by atoms with Crippen molar-refractivity contribution in [2.75, 3.05) is 43.9 Å². The molecule has 32 heavy (non-hydrogen) atoms. The minimum Gasteiger partial charge on any atom is -0.497 e. The van der Waals surface area contributed by atoms with E-state index < -0.39 is 9.84 Å². The predicted octanol–water partition coefficient (Wildman–Crippen LogP) is 3.78. The van der Waals surface area contributed by atoms with Crippen molar-refractivity contribution in [1.82, 2.24) is 9.88 Å². The molecule has 3 aromatic rings. The summed E-state index contributed by atoms with van der Waals surface area (Å²) in [6.07, 6.45) is -0.0345. The number of fused-ring (bicyclic) bond motifs is 1. The topological polar surface area (TPSA) is 79.8 Å². The number of nitrogens with zero attached hydrogens (tertiary/aromatic N) is 3. The molecule has 1 aliphatic rings. The Morgan fingerprint density at radius 1 is 1.12 bits per heavy atom. The van der Waals surface area contributed by atoms with Crippen LogP contribution in [0.2, 0.25) is 5.02 Å². The van der Waals surface area contributed by atoms with Gasteiger partial charge in [-0.2, -0.15) is 0 Å². The molecule has 4 rings (SSSR count). The second-order valence-electron chi connectivity index (χ2n) is 7.63. The highest BCUT2D eigenvalue weighted by molar-refractivity contribution is 7.91. The van der Waals surface area contributed by atoms with E-state index >= 15 is 0 Å². The maximum absolute atomic E-state index is 12.6. The summed E-state index contributed by atoms with van der Waals surface area (Å²) in [6, 6.07) is 10.1. The number of anilines is 1. The second kappa shape index (κ2) is 9.25.